The number of imidazole rings is 1. The van der Waals surface area contributed by atoms with Crippen LogP contribution in [0.1, 0.15) is 10.8 Å². The second kappa shape index (κ2) is 7.31. The first kappa shape index (κ1) is 14.9. The zero-order valence-electron chi connectivity index (χ0n) is 12.1. The average Bonchev–Trinajstić information content (AvgIpc) is 3.20. The molecule has 3 aromatic rings. The van der Waals surface area contributed by atoms with Crippen molar-refractivity contribution in [3.63, 3.8) is 0 Å². The Morgan fingerprint density at radius 2 is 2.05 bits per heavy atom. The summed E-state index contributed by atoms with van der Waals surface area (Å²) in [5, 5.41) is 12.4. The molecule has 0 unspecified atom stereocenters. The lowest BCUT2D eigenvalue weighted by Crippen LogP contribution is -2.26. The number of aliphatic hydroxyl groups excluding tert-OH is 1. The first-order valence-corrected chi connectivity index (χ1v) is 8.04. The molecule has 2 heterocycles. The summed E-state index contributed by atoms with van der Waals surface area (Å²) in [7, 11) is 0. The van der Waals surface area contributed by atoms with Crippen molar-refractivity contribution < 1.29 is 5.11 Å². The molecule has 22 heavy (non-hydrogen) atoms. The van der Waals surface area contributed by atoms with E-state index in [-0.39, 0.29) is 6.61 Å². The number of hydrogen-bond acceptors (Lipinski definition) is 5. The van der Waals surface area contributed by atoms with Gasteiger partial charge in [-0.3, -0.25) is 4.90 Å². The number of aromatic amines is 1. The minimum absolute atomic E-state index is 0.123. The molecule has 0 fully saturated rings. The summed E-state index contributed by atoms with van der Waals surface area (Å²) in [6.07, 6.45) is 3.55. The number of hydrogen-bond donors (Lipinski definition) is 2. The van der Waals surface area contributed by atoms with E-state index in [9.17, 15) is 5.11 Å². The highest BCUT2D eigenvalue weighted by molar-refractivity contribution is 7.09. The van der Waals surface area contributed by atoms with Crippen LogP contribution in [0, 0.1) is 0 Å². The van der Waals surface area contributed by atoms with E-state index in [0.717, 1.165) is 22.1 Å². The quantitative estimate of drug-likeness (QED) is 0.703. The summed E-state index contributed by atoms with van der Waals surface area (Å²) in [6.45, 7) is 2.10. The molecule has 0 radical (unpaired) electrons. The van der Waals surface area contributed by atoms with E-state index in [0.29, 0.717) is 19.6 Å². The predicted octanol–water partition coefficient (Wildman–Crippen LogP) is 2.53. The number of H-pyrrole nitrogens is 1. The van der Waals surface area contributed by atoms with E-state index in [1.54, 1.807) is 17.5 Å². The highest BCUT2D eigenvalue weighted by Crippen LogP contribution is 2.22. The van der Waals surface area contributed by atoms with Crippen LogP contribution >= 0.6 is 11.3 Å². The summed E-state index contributed by atoms with van der Waals surface area (Å²) >= 11 is 1.65. The third-order valence-corrected chi connectivity index (χ3v) is 4.16. The summed E-state index contributed by atoms with van der Waals surface area (Å²) in [6, 6.07) is 10.2. The Bertz CT molecular complexity index is 681. The second-order valence-corrected chi connectivity index (χ2v) is 5.91. The Hall–Kier alpha value is -2.02. The fourth-order valence-electron chi connectivity index (χ4n) is 2.27. The van der Waals surface area contributed by atoms with Gasteiger partial charge in [0.1, 0.15) is 10.8 Å². The number of aliphatic hydroxyl groups is 1. The van der Waals surface area contributed by atoms with Crippen molar-refractivity contribution >= 4 is 11.3 Å². The molecule has 0 aliphatic heterocycles. The van der Waals surface area contributed by atoms with Crippen LogP contribution in [0.5, 0.6) is 0 Å². The van der Waals surface area contributed by atoms with E-state index in [1.165, 1.54) is 0 Å². The first-order chi connectivity index (χ1) is 10.8. The van der Waals surface area contributed by atoms with E-state index in [4.69, 9.17) is 4.98 Å². The van der Waals surface area contributed by atoms with Gasteiger partial charge in [-0.1, -0.05) is 30.3 Å². The zero-order valence-corrected chi connectivity index (χ0v) is 13.0. The molecule has 0 spiro atoms. The lowest BCUT2D eigenvalue weighted by molar-refractivity contribution is 0.181. The van der Waals surface area contributed by atoms with E-state index in [1.807, 2.05) is 24.4 Å². The van der Waals surface area contributed by atoms with Gasteiger partial charge in [0.2, 0.25) is 0 Å². The van der Waals surface area contributed by atoms with Gasteiger partial charge in [0.15, 0.2) is 0 Å². The van der Waals surface area contributed by atoms with E-state index < -0.39 is 0 Å². The first-order valence-electron chi connectivity index (χ1n) is 7.16. The standard InChI is InChI=1S/C16H18N4OS/c21-9-8-20(10-15-17-6-7-18-15)11-16-19-14(12-22-16)13-4-2-1-3-5-13/h1-7,12,21H,8-11H2,(H,17,18). The molecule has 0 bridgehead atoms. The molecule has 2 N–H and O–H groups in total. The molecule has 6 heteroatoms. The fraction of sp³-hybridized carbons (Fsp3) is 0.250. The Morgan fingerprint density at radius 3 is 2.77 bits per heavy atom. The molecular weight excluding hydrogens is 296 g/mol. The van der Waals surface area contributed by atoms with Crippen LogP contribution in [0.25, 0.3) is 11.3 Å². The number of aromatic nitrogens is 3. The number of benzene rings is 1. The van der Waals surface area contributed by atoms with Crippen LogP contribution in [0.3, 0.4) is 0 Å². The number of rotatable bonds is 7. The third-order valence-electron chi connectivity index (χ3n) is 3.32. The molecule has 0 atom stereocenters. The summed E-state index contributed by atoms with van der Waals surface area (Å²) in [5.41, 5.74) is 2.13. The Morgan fingerprint density at radius 1 is 1.18 bits per heavy atom. The molecule has 1 aromatic carbocycles. The zero-order chi connectivity index (χ0) is 15.2. The lowest BCUT2D eigenvalue weighted by atomic mass is 10.2. The van der Waals surface area contributed by atoms with Crippen molar-refractivity contribution in [1.29, 1.82) is 0 Å². The molecule has 0 saturated carbocycles. The van der Waals surface area contributed by atoms with E-state index in [2.05, 4.69) is 32.4 Å². The van der Waals surface area contributed by atoms with Crippen LogP contribution in [-0.2, 0) is 13.1 Å². The molecule has 2 aromatic heterocycles. The SMILES string of the molecule is OCCN(Cc1ncc[nH]1)Cc1nc(-c2ccccc2)cs1. The largest absolute Gasteiger partial charge is 0.395 e. The molecule has 5 nitrogen and oxygen atoms in total. The van der Waals surface area contributed by atoms with Crippen LogP contribution in [0.4, 0.5) is 0 Å². The summed E-state index contributed by atoms with van der Waals surface area (Å²) in [5.74, 6) is 0.897. The van der Waals surface area contributed by atoms with Gasteiger partial charge in [-0.25, -0.2) is 9.97 Å². The van der Waals surface area contributed by atoms with Crippen molar-refractivity contribution in [2.45, 2.75) is 13.1 Å². The van der Waals surface area contributed by atoms with Gasteiger partial charge < -0.3 is 10.1 Å². The number of nitrogens with one attached hydrogen (secondary N) is 1. The molecular formula is C16H18N4OS. The number of nitrogens with zero attached hydrogens (tertiary/aromatic N) is 3. The van der Waals surface area contributed by atoms with Crippen molar-refractivity contribution in [3.8, 4) is 11.3 Å². The van der Waals surface area contributed by atoms with Crippen LogP contribution < -0.4 is 0 Å². The van der Waals surface area contributed by atoms with Crippen molar-refractivity contribution in [3.05, 3.63) is 58.9 Å². The Balaban J connectivity index is 1.69. The minimum Gasteiger partial charge on any atom is -0.395 e. The van der Waals surface area contributed by atoms with Gasteiger partial charge in [0.25, 0.3) is 0 Å². The van der Waals surface area contributed by atoms with Gasteiger partial charge in [0.05, 0.1) is 25.4 Å². The molecule has 114 valence electrons. The maximum atomic E-state index is 9.24. The third kappa shape index (κ3) is 3.79. The maximum absolute atomic E-state index is 9.24. The fourth-order valence-corrected chi connectivity index (χ4v) is 3.11. The Labute approximate surface area is 133 Å². The molecule has 0 aliphatic carbocycles. The second-order valence-electron chi connectivity index (χ2n) is 4.96. The van der Waals surface area contributed by atoms with Crippen LogP contribution in [0.2, 0.25) is 0 Å². The summed E-state index contributed by atoms with van der Waals surface area (Å²) in [4.78, 5) is 14.2. The van der Waals surface area contributed by atoms with Gasteiger partial charge in [0, 0.05) is 29.9 Å². The molecule has 3 rings (SSSR count). The maximum Gasteiger partial charge on any atom is 0.120 e. The minimum atomic E-state index is 0.123. The van der Waals surface area contributed by atoms with Crippen molar-refractivity contribution in [2.75, 3.05) is 13.2 Å². The molecule has 0 saturated heterocycles. The predicted molar refractivity (Wildman–Crippen MR) is 87.3 cm³/mol. The van der Waals surface area contributed by atoms with E-state index >= 15 is 0 Å². The molecule has 0 amide bonds. The van der Waals surface area contributed by atoms with Crippen molar-refractivity contribution in [2.24, 2.45) is 0 Å². The van der Waals surface area contributed by atoms with Gasteiger partial charge in [-0.05, 0) is 0 Å². The molecule has 0 aliphatic rings. The topological polar surface area (TPSA) is 65.0 Å². The number of thiazole rings is 1. The van der Waals surface area contributed by atoms with Crippen LogP contribution in [-0.4, -0.2) is 38.1 Å². The van der Waals surface area contributed by atoms with Gasteiger partial charge in [-0.15, -0.1) is 11.3 Å². The van der Waals surface area contributed by atoms with Gasteiger partial charge in [-0.2, -0.15) is 0 Å². The normalized spacial score (nSPS) is 11.2. The average molecular weight is 314 g/mol. The smallest absolute Gasteiger partial charge is 0.120 e. The highest BCUT2D eigenvalue weighted by atomic mass is 32.1. The summed E-state index contributed by atoms with van der Waals surface area (Å²) < 4.78 is 0. The van der Waals surface area contributed by atoms with Crippen molar-refractivity contribution in [1.82, 2.24) is 19.9 Å². The van der Waals surface area contributed by atoms with Gasteiger partial charge >= 0.3 is 0 Å². The van der Waals surface area contributed by atoms with Crippen LogP contribution in [0.15, 0.2) is 48.1 Å². The highest BCUT2D eigenvalue weighted by Gasteiger charge is 2.11. The Kier molecular flexibility index (Phi) is 4.95. The lowest BCUT2D eigenvalue weighted by Gasteiger charge is -2.18. The monoisotopic (exact) mass is 314 g/mol.